The second-order valence-corrected chi connectivity index (χ2v) is 3.82. The second kappa shape index (κ2) is 4.40. The molecular formula is C11H14N2O3. The van der Waals surface area contributed by atoms with E-state index >= 15 is 0 Å². The van der Waals surface area contributed by atoms with Gasteiger partial charge in [-0.2, -0.15) is 0 Å². The van der Waals surface area contributed by atoms with Gasteiger partial charge >= 0.3 is 5.97 Å². The van der Waals surface area contributed by atoms with Crippen molar-refractivity contribution in [2.45, 2.75) is 12.5 Å². The van der Waals surface area contributed by atoms with Crippen LogP contribution in [-0.4, -0.2) is 30.3 Å². The molecular weight excluding hydrogens is 208 g/mol. The summed E-state index contributed by atoms with van der Waals surface area (Å²) in [5, 5.41) is 12.2. The van der Waals surface area contributed by atoms with E-state index in [0.717, 1.165) is 13.0 Å². The second-order valence-electron chi connectivity index (χ2n) is 3.82. The Labute approximate surface area is 93.2 Å². The quantitative estimate of drug-likeness (QED) is 0.668. The molecule has 1 unspecified atom stereocenters. The van der Waals surface area contributed by atoms with Crippen molar-refractivity contribution in [1.29, 1.82) is 0 Å². The largest absolute Gasteiger partial charge is 0.478 e. The van der Waals surface area contributed by atoms with Crippen molar-refractivity contribution in [2.24, 2.45) is 0 Å². The number of carboxylic acid groups (broad SMARTS) is 1. The zero-order chi connectivity index (χ0) is 11.5. The first-order chi connectivity index (χ1) is 7.66. The highest BCUT2D eigenvalue weighted by Crippen LogP contribution is 2.21. The van der Waals surface area contributed by atoms with Crippen molar-refractivity contribution < 1.29 is 14.6 Å². The van der Waals surface area contributed by atoms with Gasteiger partial charge in [0.2, 0.25) is 0 Å². The molecule has 0 bridgehead atoms. The summed E-state index contributed by atoms with van der Waals surface area (Å²) in [6.45, 7) is 1.33. The van der Waals surface area contributed by atoms with Crippen LogP contribution in [0.15, 0.2) is 18.2 Å². The lowest BCUT2D eigenvalue weighted by Crippen LogP contribution is -2.20. The zero-order valence-corrected chi connectivity index (χ0v) is 8.77. The summed E-state index contributed by atoms with van der Waals surface area (Å²) in [5.74, 6) is -0.978. The van der Waals surface area contributed by atoms with Gasteiger partial charge in [-0.25, -0.2) is 4.79 Å². The summed E-state index contributed by atoms with van der Waals surface area (Å²) < 4.78 is 5.22. The van der Waals surface area contributed by atoms with E-state index in [0.29, 0.717) is 18.0 Å². The number of ether oxygens (including phenoxy) is 1. The summed E-state index contributed by atoms with van der Waals surface area (Å²) in [6.07, 6.45) is 0.892. The number of rotatable bonds is 3. The number of aromatic carboxylic acids is 1. The van der Waals surface area contributed by atoms with Gasteiger partial charge in [0.15, 0.2) is 0 Å². The maximum absolute atomic E-state index is 11.0. The van der Waals surface area contributed by atoms with Crippen molar-refractivity contribution in [2.75, 3.05) is 24.3 Å². The maximum Gasteiger partial charge on any atom is 0.337 e. The fourth-order valence-electron chi connectivity index (χ4n) is 1.73. The van der Waals surface area contributed by atoms with Gasteiger partial charge in [-0.1, -0.05) is 0 Å². The molecule has 1 saturated heterocycles. The molecule has 0 radical (unpaired) electrons. The van der Waals surface area contributed by atoms with E-state index in [1.165, 1.54) is 6.07 Å². The Morgan fingerprint density at radius 1 is 1.56 bits per heavy atom. The van der Waals surface area contributed by atoms with Gasteiger partial charge in [-0.3, -0.25) is 0 Å². The molecule has 1 aromatic carbocycles. The first kappa shape index (κ1) is 10.8. The first-order valence-corrected chi connectivity index (χ1v) is 5.14. The molecule has 5 heteroatoms. The number of carboxylic acids is 1. The number of benzene rings is 1. The monoisotopic (exact) mass is 222 g/mol. The fourth-order valence-corrected chi connectivity index (χ4v) is 1.73. The van der Waals surface area contributed by atoms with Crippen molar-refractivity contribution in [1.82, 2.24) is 0 Å². The third-order valence-electron chi connectivity index (χ3n) is 2.56. The van der Waals surface area contributed by atoms with Crippen LogP contribution >= 0.6 is 0 Å². The molecule has 1 fully saturated rings. The molecule has 0 aliphatic carbocycles. The third-order valence-corrected chi connectivity index (χ3v) is 2.56. The molecule has 1 heterocycles. The lowest BCUT2D eigenvalue weighted by molar-refractivity contribution is 0.0698. The maximum atomic E-state index is 11.0. The highest BCUT2D eigenvalue weighted by Gasteiger charge is 2.18. The number of nitrogens with one attached hydrogen (secondary N) is 1. The molecule has 0 aromatic heterocycles. The van der Waals surface area contributed by atoms with E-state index in [1.807, 2.05) is 0 Å². The van der Waals surface area contributed by atoms with Crippen LogP contribution in [-0.2, 0) is 4.74 Å². The van der Waals surface area contributed by atoms with Crippen molar-refractivity contribution in [3.63, 3.8) is 0 Å². The van der Waals surface area contributed by atoms with E-state index in [1.54, 1.807) is 12.1 Å². The van der Waals surface area contributed by atoms with Crippen LogP contribution in [0.4, 0.5) is 11.4 Å². The van der Waals surface area contributed by atoms with Gasteiger partial charge in [0.1, 0.15) is 0 Å². The van der Waals surface area contributed by atoms with Crippen LogP contribution in [0.2, 0.25) is 0 Å². The topological polar surface area (TPSA) is 84.6 Å². The fraction of sp³-hybridized carbons (Fsp3) is 0.364. The number of nitrogen functional groups attached to an aromatic ring is 1. The van der Waals surface area contributed by atoms with Crippen LogP contribution in [0.1, 0.15) is 16.8 Å². The van der Waals surface area contributed by atoms with Crippen LogP contribution in [0.25, 0.3) is 0 Å². The average molecular weight is 222 g/mol. The molecule has 4 N–H and O–H groups in total. The summed E-state index contributed by atoms with van der Waals surface area (Å²) in [7, 11) is 0. The third kappa shape index (κ3) is 2.25. The van der Waals surface area contributed by atoms with Gasteiger partial charge in [0.25, 0.3) is 0 Å². The molecule has 0 saturated carbocycles. The Morgan fingerprint density at radius 3 is 3.00 bits per heavy atom. The standard InChI is InChI=1S/C11H14N2O3/c12-7-1-2-10(9(5-7)11(14)15)13-8-3-4-16-6-8/h1-2,5,8,13H,3-4,6,12H2,(H,14,15). The number of nitrogens with two attached hydrogens (primary N) is 1. The van der Waals surface area contributed by atoms with E-state index in [-0.39, 0.29) is 11.6 Å². The van der Waals surface area contributed by atoms with Crippen molar-refractivity contribution in [3.8, 4) is 0 Å². The van der Waals surface area contributed by atoms with E-state index in [4.69, 9.17) is 15.6 Å². The van der Waals surface area contributed by atoms with E-state index in [2.05, 4.69) is 5.32 Å². The predicted molar refractivity (Wildman–Crippen MR) is 60.7 cm³/mol. The molecule has 1 aliphatic rings. The minimum atomic E-state index is -0.978. The van der Waals surface area contributed by atoms with E-state index in [9.17, 15) is 4.79 Å². The molecule has 0 spiro atoms. The van der Waals surface area contributed by atoms with Crippen LogP contribution in [0, 0.1) is 0 Å². The average Bonchev–Trinajstić information content (AvgIpc) is 2.73. The Kier molecular flexibility index (Phi) is 2.96. The molecule has 0 amide bonds. The Bertz CT molecular complexity index is 400. The minimum absolute atomic E-state index is 0.182. The molecule has 86 valence electrons. The molecule has 2 rings (SSSR count). The molecule has 1 aromatic rings. The minimum Gasteiger partial charge on any atom is -0.478 e. The van der Waals surface area contributed by atoms with Gasteiger partial charge < -0.3 is 20.9 Å². The predicted octanol–water partition coefficient (Wildman–Crippen LogP) is 1.17. The molecule has 5 nitrogen and oxygen atoms in total. The Balaban J connectivity index is 2.21. The molecule has 16 heavy (non-hydrogen) atoms. The summed E-state index contributed by atoms with van der Waals surface area (Å²) in [4.78, 5) is 11.0. The smallest absolute Gasteiger partial charge is 0.337 e. The van der Waals surface area contributed by atoms with Gasteiger partial charge in [-0.15, -0.1) is 0 Å². The van der Waals surface area contributed by atoms with Crippen LogP contribution in [0.3, 0.4) is 0 Å². The van der Waals surface area contributed by atoms with Gasteiger partial charge in [0, 0.05) is 18.0 Å². The summed E-state index contributed by atoms with van der Waals surface area (Å²) in [5.41, 5.74) is 6.80. The Hall–Kier alpha value is -1.75. The summed E-state index contributed by atoms with van der Waals surface area (Å²) >= 11 is 0. The van der Waals surface area contributed by atoms with Crippen LogP contribution in [0.5, 0.6) is 0 Å². The summed E-state index contributed by atoms with van der Waals surface area (Å²) in [6, 6.07) is 5.02. The normalized spacial score (nSPS) is 19.6. The first-order valence-electron chi connectivity index (χ1n) is 5.14. The van der Waals surface area contributed by atoms with Crippen molar-refractivity contribution >= 4 is 17.3 Å². The van der Waals surface area contributed by atoms with Gasteiger partial charge in [-0.05, 0) is 24.6 Å². The number of hydrogen-bond donors (Lipinski definition) is 3. The number of carbonyl (C=O) groups is 1. The highest BCUT2D eigenvalue weighted by atomic mass is 16.5. The SMILES string of the molecule is Nc1ccc(NC2CCOC2)c(C(=O)O)c1. The van der Waals surface area contributed by atoms with E-state index < -0.39 is 5.97 Å². The lowest BCUT2D eigenvalue weighted by atomic mass is 10.1. The number of hydrogen-bond acceptors (Lipinski definition) is 4. The zero-order valence-electron chi connectivity index (χ0n) is 8.77. The van der Waals surface area contributed by atoms with Crippen LogP contribution < -0.4 is 11.1 Å². The molecule has 1 atom stereocenters. The number of anilines is 2. The molecule has 1 aliphatic heterocycles. The highest BCUT2D eigenvalue weighted by molar-refractivity contribution is 5.95. The van der Waals surface area contributed by atoms with Gasteiger partial charge in [0.05, 0.1) is 18.2 Å². The Morgan fingerprint density at radius 2 is 2.38 bits per heavy atom. The van der Waals surface area contributed by atoms with Crippen molar-refractivity contribution in [3.05, 3.63) is 23.8 Å². The lowest BCUT2D eigenvalue weighted by Gasteiger charge is -2.14.